The molecule has 2 rings (SSSR count). The van der Waals surface area contributed by atoms with Gasteiger partial charge in [-0.05, 0) is 30.4 Å². The Hall–Kier alpha value is -2.10. The van der Waals surface area contributed by atoms with E-state index in [1.165, 1.54) is 6.42 Å². The molecule has 0 amide bonds. The molecule has 0 fully saturated rings. The van der Waals surface area contributed by atoms with Crippen molar-refractivity contribution in [3.8, 4) is 0 Å². The Bertz CT molecular complexity index is 955. The van der Waals surface area contributed by atoms with E-state index in [1.807, 2.05) is 60.7 Å². The highest BCUT2D eigenvalue weighted by molar-refractivity contribution is 7.47. The number of aliphatic hydroxyl groups excluding tert-OH is 1. The van der Waals surface area contributed by atoms with Gasteiger partial charge in [0, 0.05) is 19.6 Å². The van der Waals surface area contributed by atoms with E-state index in [4.69, 9.17) is 24.3 Å². The fourth-order valence-electron chi connectivity index (χ4n) is 4.46. The van der Waals surface area contributed by atoms with Crippen LogP contribution in [-0.4, -0.2) is 54.5 Å². The minimum Gasteiger partial charge on any atom is -0.453 e. The molecule has 0 aliphatic rings. The third-order valence-electron chi connectivity index (χ3n) is 6.64. The van der Waals surface area contributed by atoms with E-state index in [9.17, 15) is 19.4 Å². The van der Waals surface area contributed by atoms with Crippen molar-refractivity contribution in [2.45, 2.75) is 89.4 Å². The fraction of sp³-hybridized carbons (Fsp3) is 0.581. The van der Waals surface area contributed by atoms with Gasteiger partial charge in [0.25, 0.3) is 0 Å². The van der Waals surface area contributed by atoms with E-state index < -0.39 is 26.1 Å². The van der Waals surface area contributed by atoms with Crippen LogP contribution < -0.4 is 5.73 Å². The molecular formula is C31H48NO8P. The van der Waals surface area contributed by atoms with Crippen molar-refractivity contribution < 1.29 is 37.9 Å². The number of esters is 1. The molecule has 0 spiro atoms. The molecule has 4 N–H and O–H groups in total. The van der Waals surface area contributed by atoms with Crippen molar-refractivity contribution >= 4 is 13.8 Å². The predicted octanol–water partition coefficient (Wildman–Crippen LogP) is 6.08. The van der Waals surface area contributed by atoms with Gasteiger partial charge in [-0.15, -0.1) is 0 Å². The first kappa shape index (κ1) is 35.1. The number of benzene rings is 2. The van der Waals surface area contributed by atoms with Crippen molar-refractivity contribution in [2.24, 2.45) is 5.73 Å². The van der Waals surface area contributed by atoms with Crippen molar-refractivity contribution in [3.05, 3.63) is 71.8 Å². The largest absolute Gasteiger partial charge is 0.472 e. The zero-order chi connectivity index (χ0) is 29.8. The van der Waals surface area contributed by atoms with Crippen LogP contribution in [0.2, 0.25) is 0 Å². The average Bonchev–Trinajstić information content (AvgIpc) is 2.99. The number of aliphatic hydroxyl groups is 1. The third kappa shape index (κ3) is 14.6. The highest BCUT2D eigenvalue weighted by Gasteiger charge is 2.32. The van der Waals surface area contributed by atoms with E-state index in [2.05, 4.69) is 6.92 Å². The van der Waals surface area contributed by atoms with E-state index in [-0.39, 0.29) is 38.8 Å². The van der Waals surface area contributed by atoms with Crippen molar-refractivity contribution in [2.75, 3.05) is 26.4 Å². The highest BCUT2D eigenvalue weighted by atomic mass is 31.2. The summed E-state index contributed by atoms with van der Waals surface area (Å²) in [5, 5.41) is 9.99. The van der Waals surface area contributed by atoms with Gasteiger partial charge in [0.1, 0.15) is 6.10 Å². The molecule has 3 atom stereocenters. The van der Waals surface area contributed by atoms with Gasteiger partial charge >= 0.3 is 13.8 Å². The summed E-state index contributed by atoms with van der Waals surface area (Å²) in [5.74, 6) is -0.316. The van der Waals surface area contributed by atoms with Crippen LogP contribution in [0.1, 0.15) is 88.4 Å². The lowest BCUT2D eigenvalue weighted by atomic mass is 10.0. The van der Waals surface area contributed by atoms with Crippen molar-refractivity contribution in [1.29, 1.82) is 0 Å². The smallest absolute Gasteiger partial charge is 0.453 e. The molecule has 2 aromatic carbocycles. The number of ether oxygens (including phenoxy) is 2. The number of nitrogens with two attached hydrogens (primary N) is 1. The Morgan fingerprint density at radius 2 is 1.46 bits per heavy atom. The average molecular weight is 594 g/mol. The number of phosphoric ester groups is 1. The van der Waals surface area contributed by atoms with Gasteiger partial charge in [0.2, 0.25) is 0 Å². The summed E-state index contributed by atoms with van der Waals surface area (Å²) in [7, 11) is -4.35. The third-order valence-corrected chi connectivity index (χ3v) is 7.68. The first-order valence-electron chi connectivity index (χ1n) is 14.8. The first-order valence-corrected chi connectivity index (χ1v) is 16.3. The number of carbonyl (C=O) groups is 1. The highest BCUT2D eigenvalue weighted by Crippen LogP contribution is 2.45. The number of unbranched alkanes of at least 4 members (excludes halogenated alkanes) is 6. The van der Waals surface area contributed by atoms with Gasteiger partial charge in [0.15, 0.2) is 6.10 Å². The van der Waals surface area contributed by atoms with Gasteiger partial charge in [-0.25, -0.2) is 4.57 Å². The molecule has 0 aromatic heterocycles. The van der Waals surface area contributed by atoms with E-state index in [0.717, 1.165) is 43.2 Å². The lowest BCUT2D eigenvalue weighted by Crippen LogP contribution is -2.35. The van der Waals surface area contributed by atoms with Crippen LogP contribution in [0, 0.1) is 0 Å². The number of carbonyl (C=O) groups excluding carboxylic acids is 1. The molecule has 0 saturated carbocycles. The van der Waals surface area contributed by atoms with E-state index >= 15 is 0 Å². The first-order chi connectivity index (χ1) is 19.9. The van der Waals surface area contributed by atoms with E-state index in [1.54, 1.807) is 0 Å². The molecule has 0 heterocycles. The van der Waals surface area contributed by atoms with Crippen molar-refractivity contribution in [1.82, 2.24) is 0 Å². The van der Waals surface area contributed by atoms with Gasteiger partial charge in [-0.2, -0.15) is 0 Å². The Balaban J connectivity index is 1.85. The monoisotopic (exact) mass is 593 g/mol. The van der Waals surface area contributed by atoms with Crippen LogP contribution in [-0.2, 0) is 27.9 Å². The molecule has 2 unspecified atom stereocenters. The lowest BCUT2D eigenvalue weighted by Gasteiger charge is -2.27. The molecule has 10 heteroatoms. The predicted molar refractivity (Wildman–Crippen MR) is 159 cm³/mol. The van der Waals surface area contributed by atoms with Gasteiger partial charge < -0.3 is 25.2 Å². The number of hydrogen-bond acceptors (Lipinski definition) is 8. The Kier molecular flexibility index (Phi) is 17.7. The SMILES string of the molecule is CCCCCCCCC(OP(=O)(O)OCCN)[C@H](CO)OCCCCC(=O)OC(c1ccccc1)c1ccccc1. The summed E-state index contributed by atoms with van der Waals surface area (Å²) in [5.41, 5.74) is 7.18. The topological polar surface area (TPSA) is 138 Å². The van der Waals surface area contributed by atoms with Crippen LogP contribution in [0.4, 0.5) is 0 Å². The van der Waals surface area contributed by atoms with Crippen LogP contribution in [0.25, 0.3) is 0 Å². The van der Waals surface area contributed by atoms with Gasteiger partial charge in [-0.3, -0.25) is 13.8 Å². The second-order valence-corrected chi connectivity index (χ2v) is 11.4. The molecule has 0 aliphatic heterocycles. The molecule has 0 aliphatic carbocycles. The molecule has 9 nitrogen and oxygen atoms in total. The Labute approximate surface area is 245 Å². The van der Waals surface area contributed by atoms with Crippen LogP contribution in [0.3, 0.4) is 0 Å². The normalized spacial score (nSPS) is 14.5. The summed E-state index contributed by atoms with van der Waals surface area (Å²) in [4.78, 5) is 22.8. The minimum atomic E-state index is -4.35. The Morgan fingerprint density at radius 1 is 0.854 bits per heavy atom. The molecule has 0 bridgehead atoms. The van der Waals surface area contributed by atoms with Crippen LogP contribution in [0.15, 0.2) is 60.7 Å². The maximum atomic E-state index is 12.7. The maximum absolute atomic E-state index is 12.7. The lowest BCUT2D eigenvalue weighted by molar-refractivity contribution is -0.147. The zero-order valence-electron chi connectivity index (χ0n) is 24.3. The second-order valence-electron chi connectivity index (χ2n) is 10.0. The Morgan fingerprint density at radius 3 is 2.05 bits per heavy atom. The maximum Gasteiger partial charge on any atom is 0.472 e. The molecule has 0 saturated heterocycles. The summed E-state index contributed by atoms with van der Waals surface area (Å²) < 4.78 is 34.4. The molecule has 41 heavy (non-hydrogen) atoms. The van der Waals surface area contributed by atoms with Crippen molar-refractivity contribution in [3.63, 3.8) is 0 Å². The second kappa shape index (κ2) is 20.7. The summed E-state index contributed by atoms with van der Waals surface area (Å²) in [6, 6.07) is 19.2. The molecule has 0 radical (unpaired) electrons. The quantitative estimate of drug-likeness (QED) is 0.0795. The summed E-state index contributed by atoms with van der Waals surface area (Å²) in [6.07, 6.45) is 5.85. The summed E-state index contributed by atoms with van der Waals surface area (Å²) >= 11 is 0. The fourth-order valence-corrected chi connectivity index (χ4v) is 5.44. The van der Waals surface area contributed by atoms with E-state index in [0.29, 0.717) is 19.3 Å². The van der Waals surface area contributed by atoms with Gasteiger partial charge in [-0.1, -0.05) is 106 Å². The van der Waals surface area contributed by atoms with Gasteiger partial charge in [0.05, 0.1) is 19.3 Å². The zero-order valence-corrected chi connectivity index (χ0v) is 25.2. The molecular weight excluding hydrogens is 545 g/mol. The molecule has 230 valence electrons. The molecule has 2 aromatic rings. The minimum absolute atomic E-state index is 0.0792. The van der Waals surface area contributed by atoms with Crippen LogP contribution >= 0.6 is 7.82 Å². The number of hydrogen-bond donors (Lipinski definition) is 3. The van der Waals surface area contributed by atoms with Crippen LogP contribution in [0.5, 0.6) is 0 Å². The standard InChI is InChI=1S/C31H48NO8P/c1-2-3-4-5-6-13-20-28(40-41(35,36)38-24-22-32)29(25-33)37-23-15-14-21-30(34)39-31(26-16-9-7-10-17-26)27-18-11-8-12-19-27/h7-12,16-19,28-29,31,33H,2-6,13-15,20-25,32H2,1H3,(H,35,36)/t28?,29-/m0/s1. The number of phosphoric acid groups is 1. The summed E-state index contributed by atoms with van der Waals surface area (Å²) in [6.45, 7) is 1.98. The number of rotatable bonds is 23.